The third kappa shape index (κ3) is 1.09. The molecule has 0 aliphatic carbocycles. The average Bonchev–Trinajstić information content (AvgIpc) is 2.60. The maximum absolute atomic E-state index is 14.0. The number of rotatable bonds is 1. The van der Waals surface area contributed by atoms with Gasteiger partial charge in [-0.05, 0) is 16.7 Å². The Labute approximate surface area is 82.1 Å². The molecule has 1 aromatic carbocycles. The highest BCUT2D eigenvalue weighted by Gasteiger charge is 2.40. The third-order valence-electron chi connectivity index (χ3n) is 3.02. The summed E-state index contributed by atoms with van der Waals surface area (Å²) in [5.41, 5.74) is 2.06. The van der Waals surface area contributed by atoms with E-state index in [0.717, 1.165) is 18.7 Å². The van der Waals surface area contributed by atoms with Crippen LogP contribution in [-0.2, 0) is 23.5 Å². The van der Waals surface area contributed by atoms with E-state index in [9.17, 15) is 4.39 Å². The van der Waals surface area contributed by atoms with E-state index in [2.05, 4.69) is 5.32 Å². The Morgan fingerprint density at radius 3 is 2.71 bits per heavy atom. The third-order valence-corrected chi connectivity index (χ3v) is 3.02. The van der Waals surface area contributed by atoms with Gasteiger partial charge in [-0.3, -0.25) is 0 Å². The van der Waals surface area contributed by atoms with Gasteiger partial charge in [0.15, 0.2) is 5.67 Å². The number of halogens is 1. The van der Waals surface area contributed by atoms with Crippen LogP contribution in [0.1, 0.15) is 16.7 Å². The lowest BCUT2D eigenvalue weighted by molar-refractivity contribution is -0.135. The van der Waals surface area contributed by atoms with Crippen LogP contribution in [0, 0.1) is 0 Å². The number of benzene rings is 1. The van der Waals surface area contributed by atoms with Gasteiger partial charge in [0, 0.05) is 13.1 Å². The molecule has 2 heterocycles. The van der Waals surface area contributed by atoms with Crippen LogP contribution in [0.25, 0.3) is 0 Å². The molecule has 0 atom stereocenters. The minimum atomic E-state index is -1.22. The molecule has 74 valence electrons. The smallest absolute Gasteiger partial charge is 0.182 e. The minimum Gasteiger partial charge on any atom is -0.374 e. The Kier molecular flexibility index (Phi) is 1.66. The van der Waals surface area contributed by atoms with Gasteiger partial charge in [0.1, 0.15) is 0 Å². The second-order valence-electron chi connectivity index (χ2n) is 4.05. The topological polar surface area (TPSA) is 21.3 Å². The van der Waals surface area contributed by atoms with Gasteiger partial charge in [-0.25, -0.2) is 4.39 Å². The fourth-order valence-corrected chi connectivity index (χ4v) is 2.02. The molecule has 0 spiro atoms. The van der Waals surface area contributed by atoms with Crippen molar-refractivity contribution in [2.75, 3.05) is 13.2 Å². The first-order valence-corrected chi connectivity index (χ1v) is 4.88. The van der Waals surface area contributed by atoms with Gasteiger partial charge >= 0.3 is 0 Å². The molecular formula is C11H12FNO. The molecule has 0 aromatic heterocycles. The standard InChI is InChI=1S/C11H12FNO/c12-11(6-14-7-11)10-2-1-8-4-13-5-9(8)3-10/h1-3,13H,4-7H2. The molecule has 0 radical (unpaired) electrons. The van der Waals surface area contributed by atoms with Gasteiger partial charge in [0.2, 0.25) is 0 Å². The molecule has 2 nitrogen and oxygen atoms in total. The Morgan fingerprint density at radius 2 is 2.00 bits per heavy atom. The summed E-state index contributed by atoms with van der Waals surface area (Å²) in [4.78, 5) is 0. The van der Waals surface area contributed by atoms with Crippen LogP contribution in [0.3, 0.4) is 0 Å². The summed E-state index contributed by atoms with van der Waals surface area (Å²) in [5, 5.41) is 3.25. The van der Waals surface area contributed by atoms with Crippen molar-refractivity contribution in [1.82, 2.24) is 5.32 Å². The van der Waals surface area contributed by atoms with Gasteiger partial charge in [0.05, 0.1) is 13.2 Å². The van der Waals surface area contributed by atoms with Crippen molar-refractivity contribution >= 4 is 0 Å². The summed E-state index contributed by atoms with van der Waals surface area (Å²) in [6.45, 7) is 2.18. The van der Waals surface area contributed by atoms with Crippen LogP contribution in [0.2, 0.25) is 0 Å². The summed E-state index contributed by atoms with van der Waals surface area (Å²) in [5.74, 6) is 0. The number of ether oxygens (including phenoxy) is 1. The van der Waals surface area contributed by atoms with Gasteiger partial charge in [0.25, 0.3) is 0 Å². The van der Waals surface area contributed by atoms with Crippen molar-refractivity contribution in [1.29, 1.82) is 0 Å². The van der Waals surface area contributed by atoms with Crippen LogP contribution in [0.15, 0.2) is 18.2 Å². The number of alkyl halides is 1. The maximum atomic E-state index is 14.0. The Hall–Kier alpha value is -0.930. The number of fused-ring (bicyclic) bond motifs is 1. The fraction of sp³-hybridized carbons (Fsp3) is 0.455. The molecule has 3 heteroatoms. The van der Waals surface area contributed by atoms with Crippen molar-refractivity contribution in [2.24, 2.45) is 0 Å². The lowest BCUT2D eigenvalue weighted by Gasteiger charge is -2.34. The quantitative estimate of drug-likeness (QED) is 0.729. The van der Waals surface area contributed by atoms with Crippen LogP contribution in [-0.4, -0.2) is 13.2 Å². The number of nitrogens with one attached hydrogen (secondary N) is 1. The number of hydrogen-bond donors (Lipinski definition) is 1. The van der Waals surface area contributed by atoms with E-state index in [-0.39, 0.29) is 13.2 Å². The zero-order valence-electron chi connectivity index (χ0n) is 7.85. The molecule has 1 N–H and O–H groups in total. The summed E-state index contributed by atoms with van der Waals surface area (Å²) < 4.78 is 18.9. The largest absolute Gasteiger partial charge is 0.374 e. The first-order chi connectivity index (χ1) is 6.78. The van der Waals surface area contributed by atoms with E-state index in [4.69, 9.17) is 4.74 Å². The molecule has 1 fully saturated rings. The minimum absolute atomic E-state index is 0.208. The van der Waals surface area contributed by atoms with Crippen LogP contribution < -0.4 is 5.32 Å². The van der Waals surface area contributed by atoms with Crippen molar-refractivity contribution in [3.8, 4) is 0 Å². The average molecular weight is 193 g/mol. The van der Waals surface area contributed by atoms with E-state index in [0.29, 0.717) is 0 Å². The zero-order chi connectivity index (χ0) is 9.60. The lowest BCUT2D eigenvalue weighted by Crippen LogP contribution is -2.42. The molecule has 1 saturated heterocycles. The van der Waals surface area contributed by atoms with Crippen molar-refractivity contribution in [3.05, 3.63) is 34.9 Å². The fourth-order valence-electron chi connectivity index (χ4n) is 2.02. The summed E-state index contributed by atoms with van der Waals surface area (Å²) in [6, 6.07) is 5.87. The van der Waals surface area contributed by atoms with E-state index in [1.54, 1.807) is 0 Å². The van der Waals surface area contributed by atoms with Gasteiger partial charge in [-0.1, -0.05) is 18.2 Å². The summed E-state index contributed by atoms with van der Waals surface area (Å²) in [6.07, 6.45) is 0. The first-order valence-electron chi connectivity index (χ1n) is 4.88. The van der Waals surface area contributed by atoms with Crippen LogP contribution in [0.4, 0.5) is 4.39 Å². The molecule has 1 aromatic rings. The normalized spacial score (nSPS) is 22.9. The van der Waals surface area contributed by atoms with Crippen LogP contribution >= 0.6 is 0 Å². The predicted octanol–water partition coefficient (Wildman–Crippen LogP) is 1.48. The molecule has 0 bridgehead atoms. The molecule has 2 aliphatic rings. The monoisotopic (exact) mass is 193 g/mol. The lowest BCUT2D eigenvalue weighted by atomic mass is 9.91. The molecule has 0 amide bonds. The highest BCUT2D eigenvalue weighted by atomic mass is 19.1. The Morgan fingerprint density at radius 1 is 1.21 bits per heavy atom. The number of hydrogen-bond acceptors (Lipinski definition) is 2. The summed E-state index contributed by atoms with van der Waals surface area (Å²) >= 11 is 0. The van der Waals surface area contributed by atoms with E-state index >= 15 is 0 Å². The Balaban J connectivity index is 2.00. The predicted molar refractivity (Wildman–Crippen MR) is 50.6 cm³/mol. The first kappa shape index (κ1) is 8.38. The Bertz CT molecular complexity index is 374. The SMILES string of the molecule is FC1(c2ccc3c(c2)CNC3)COC1. The molecular weight excluding hydrogens is 181 g/mol. The van der Waals surface area contributed by atoms with Gasteiger partial charge in [-0.15, -0.1) is 0 Å². The highest BCUT2D eigenvalue weighted by Crippen LogP contribution is 2.35. The van der Waals surface area contributed by atoms with Gasteiger partial charge in [-0.2, -0.15) is 0 Å². The zero-order valence-corrected chi connectivity index (χ0v) is 7.85. The molecule has 0 unspecified atom stereocenters. The van der Waals surface area contributed by atoms with Gasteiger partial charge < -0.3 is 10.1 Å². The van der Waals surface area contributed by atoms with E-state index in [1.807, 2.05) is 18.2 Å². The highest BCUT2D eigenvalue weighted by molar-refractivity contribution is 5.37. The second-order valence-corrected chi connectivity index (χ2v) is 4.05. The molecule has 14 heavy (non-hydrogen) atoms. The van der Waals surface area contributed by atoms with Crippen molar-refractivity contribution < 1.29 is 9.13 Å². The molecule has 2 aliphatic heterocycles. The maximum Gasteiger partial charge on any atom is 0.182 e. The van der Waals surface area contributed by atoms with E-state index in [1.165, 1.54) is 11.1 Å². The molecule has 3 rings (SSSR count). The van der Waals surface area contributed by atoms with Crippen molar-refractivity contribution in [2.45, 2.75) is 18.8 Å². The van der Waals surface area contributed by atoms with Crippen LogP contribution in [0.5, 0.6) is 0 Å². The second kappa shape index (κ2) is 2.78. The molecule has 0 saturated carbocycles. The van der Waals surface area contributed by atoms with E-state index < -0.39 is 5.67 Å². The summed E-state index contributed by atoms with van der Waals surface area (Å²) in [7, 11) is 0. The van der Waals surface area contributed by atoms with Crippen molar-refractivity contribution in [3.63, 3.8) is 0 Å².